The third-order valence-electron chi connectivity index (χ3n) is 3.21. The lowest BCUT2D eigenvalue weighted by atomic mass is 10.1. The number of aryl methyl sites for hydroxylation is 2. The Morgan fingerprint density at radius 3 is 2.30 bits per heavy atom. The molecule has 1 amide bonds. The third kappa shape index (κ3) is 4.49. The van der Waals surface area contributed by atoms with Gasteiger partial charge in [0.25, 0.3) is 0 Å². The largest absolute Gasteiger partial charge is 0.362 e. The molecular formula is C15H25N3O2. The molecule has 1 aromatic heterocycles. The SMILES string of the molecule is CCCN(CC(=O)c1cc(C)[nH]c1C)CC(=O)N(C)C. The van der Waals surface area contributed by atoms with Crippen LogP contribution in [0.3, 0.4) is 0 Å². The van der Waals surface area contributed by atoms with Crippen LogP contribution in [-0.2, 0) is 4.79 Å². The van der Waals surface area contributed by atoms with Gasteiger partial charge in [-0.15, -0.1) is 0 Å². The number of likely N-dealkylation sites (N-methyl/N-ethyl adjacent to an activating group) is 1. The molecule has 1 aromatic rings. The zero-order valence-corrected chi connectivity index (χ0v) is 13.1. The van der Waals surface area contributed by atoms with Crippen molar-refractivity contribution in [2.24, 2.45) is 0 Å². The summed E-state index contributed by atoms with van der Waals surface area (Å²) in [6.45, 7) is 7.19. The molecule has 20 heavy (non-hydrogen) atoms. The quantitative estimate of drug-likeness (QED) is 0.772. The summed E-state index contributed by atoms with van der Waals surface area (Å²) in [5, 5.41) is 0. The first-order valence-corrected chi connectivity index (χ1v) is 6.97. The highest BCUT2D eigenvalue weighted by molar-refractivity contribution is 5.99. The molecule has 0 saturated heterocycles. The van der Waals surface area contributed by atoms with Crippen LogP contribution in [0.5, 0.6) is 0 Å². The van der Waals surface area contributed by atoms with Gasteiger partial charge in [0.15, 0.2) is 5.78 Å². The number of hydrogen-bond acceptors (Lipinski definition) is 3. The molecule has 0 spiro atoms. The van der Waals surface area contributed by atoms with Crippen LogP contribution in [0.1, 0.15) is 35.1 Å². The van der Waals surface area contributed by atoms with Gasteiger partial charge in [-0.3, -0.25) is 14.5 Å². The molecule has 0 aliphatic heterocycles. The molecule has 0 radical (unpaired) electrons. The Bertz CT molecular complexity index is 477. The molecule has 0 unspecified atom stereocenters. The Labute approximate surface area is 120 Å². The lowest BCUT2D eigenvalue weighted by Gasteiger charge is -2.22. The van der Waals surface area contributed by atoms with Crippen molar-refractivity contribution in [2.45, 2.75) is 27.2 Å². The number of carbonyl (C=O) groups is 2. The van der Waals surface area contributed by atoms with E-state index in [1.54, 1.807) is 19.0 Å². The lowest BCUT2D eigenvalue weighted by Crippen LogP contribution is -2.39. The Morgan fingerprint density at radius 1 is 1.20 bits per heavy atom. The molecule has 1 N–H and O–H groups in total. The molecular weight excluding hydrogens is 254 g/mol. The summed E-state index contributed by atoms with van der Waals surface area (Å²) >= 11 is 0. The number of hydrogen-bond donors (Lipinski definition) is 1. The second-order valence-corrected chi connectivity index (χ2v) is 5.41. The molecule has 0 saturated carbocycles. The van der Waals surface area contributed by atoms with Crippen LogP contribution in [0.4, 0.5) is 0 Å². The fourth-order valence-electron chi connectivity index (χ4n) is 2.16. The Kier molecular flexibility index (Phi) is 5.95. The maximum atomic E-state index is 12.3. The summed E-state index contributed by atoms with van der Waals surface area (Å²) in [6, 6.07) is 1.87. The maximum absolute atomic E-state index is 12.3. The van der Waals surface area contributed by atoms with Crippen molar-refractivity contribution < 1.29 is 9.59 Å². The van der Waals surface area contributed by atoms with Crippen molar-refractivity contribution in [3.63, 3.8) is 0 Å². The normalized spacial score (nSPS) is 10.9. The zero-order valence-electron chi connectivity index (χ0n) is 13.1. The topological polar surface area (TPSA) is 56.4 Å². The predicted molar refractivity (Wildman–Crippen MR) is 80.0 cm³/mol. The minimum Gasteiger partial charge on any atom is -0.362 e. The predicted octanol–water partition coefficient (Wildman–Crippen LogP) is 1.61. The number of Topliss-reactive ketones (excluding diaryl/α,β-unsaturated/α-hetero) is 1. The minimum atomic E-state index is 0.0215. The first-order chi connectivity index (χ1) is 9.35. The van der Waals surface area contributed by atoms with E-state index in [1.165, 1.54) is 0 Å². The van der Waals surface area contributed by atoms with Gasteiger partial charge in [-0.25, -0.2) is 0 Å². The average Bonchev–Trinajstić information content (AvgIpc) is 2.68. The average molecular weight is 279 g/mol. The number of nitrogens with zero attached hydrogens (tertiary/aromatic N) is 2. The van der Waals surface area contributed by atoms with Gasteiger partial charge in [-0.05, 0) is 32.9 Å². The smallest absolute Gasteiger partial charge is 0.236 e. The first kappa shape index (κ1) is 16.4. The van der Waals surface area contributed by atoms with Gasteiger partial charge < -0.3 is 9.88 Å². The molecule has 0 aromatic carbocycles. The number of nitrogens with one attached hydrogen (secondary N) is 1. The molecule has 5 nitrogen and oxygen atoms in total. The minimum absolute atomic E-state index is 0.0215. The van der Waals surface area contributed by atoms with Gasteiger partial charge in [0.1, 0.15) is 0 Å². The molecule has 0 aliphatic rings. The zero-order chi connectivity index (χ0) is 15.3. The van der Waals surface area contributed by atoms with Crippen LogP contribution in [0.2, 0.25) is 0 Å². The second kappa shape index (κ2) is 7.24. The van der Waals surface area contributed by atoms with E-state index in [9.17, 15) is 9.59 Å². The van der Waals surface area contributed by atoms with Crippen LogP contribution in [0.25, 0.3) is 0 Å². The van der Waals surface area contributed by atoms with Crippen molar-refractivity contribution in [3.8, 4) is 0 Å². The Balaban J connectivity index is 2.72. The first-order valence-electron chi connectivity index (χ1n) is 6.97. The molecule has 0 aliphatic carbocycles. The molecule has 112 valence electrons. The van der Waals surface area contributed by atoms with Gasteiger partial charge in [0, 0.05) is 31.0 Å². The number of H-pyrrole nitrogens is 1. The van der Waals surface area contributed by atoms with E-state index in [0.29, 0.717) is 0 Å². The molecule has 0 fully saturated rings. The van der Waals surface area contributed by atoms with Crippen LogP contribution in [0, 0.1) is 13.8 Å². The molecule has 5 heteroatoms. The molecule has 1 rings (SSSR count). The fraction of sp³-hybridized carbons (Fsp3) is 0.600. The van der Waals surface area contributed by atoms with E-state index >= 15 is 0 Å². The highest BCUT2D eigenvalue weighted by Crippen LogP contribution is 2.11. The highest BCUT2D eigenvalue weighted by atomic mass is 16.2. The number of carbonyl (C=O) groups excluding carboxylic acids is 2. The van der Waals surface area contributed by atoms with E-state index in [0.717, 1.165) is 29.9 Å². The van der Waals surface area contributed by atoms with Crippen LogP contribution < -0.4 is 0 Å². The van der Waals surface area contributed by atoms with Crippen LogP contribution in [-0.4, -0.2) is 60.2 Å². The molecule has 0 atom stereocenters. The Hall–Kier alpha value is -1.62. The van der Waals surface area contributed by atoms with Gasteiger partial charge in [-0.2, -0.15) is 0 Å². The van der Waals surface area contributed by atoms with Crippen molar-refractivity contribution in [2.75, 3.05) is 33.7 Å². The summed E-state index contributed by atoms with van der Waals surface area (Å²) in [5.74, 6) is 0.0834. The van der Waals surface area contributed by atoms with Crippen molar-refractivity contribution >= 4 is 11.7 Å². The maximum Gasteiger partial charge on any atom is 0.236 e. The van der Waals surface area contributed by atoms with Crippen LogP contribution >= 0.6 is 0 Å². The number of amides is 1. The van der Waals surface area contributed by atoms with E-state index in [1.807, 2.05) is 31.7 Å². The summed E-state index contributed by atoms with van der Waals surface area (Å²) in [7, 11) is 3.46. The molecule has 1 heterocycles. The monoisotopic (exact) mass is 279 g/mol. The van der Waals surface area contributed by atoms with Gasteiger partial charge in [0.2, 0.25) is 5.91 Å². The van der Waals surface area contributed by atoms with E-state index in [2.05, 4.69) is 4.98 Å². The van der Waals surface area contributed by atoms with Crippen LogP contribution in [0.15, 0.2) is 6.07 Å². The summed E-state index contributed by atoms with van der Waals surface area (Å²) in [5.41, 5.74) is 2.60. The van der Waals surface area contributed by atoms with E-state index in [4.69, 9.17) is 0 Å². The summed E-state index contributed by atoms with van der Waals surface area (Å²) in [6.07, 6.45) is 0.916. The number of rotatable bonds is 7. The summed E-state index contributed by atoms with van der Waals surface area (Å²) in [4.78, 5) is 30.7. The number of aromatic amines is 1. The van der Waals surface area contributed by atoms with Gasteiger partial charge in [0.05, 0.1) is 13.1 Å². The van der Waals surface area contributed by atoms with E-state index < -0.39 is 0 Å². The number of aromatic nitrogens is 1. The van der Waals surface area contributed by atoms with Gasteiger partial charge >= 0.3 is 0 Å². The lowest BCUT2D eigenvalue weighted by molar-refractivity contribution is -0.129. The van der Waals surface area contributed by atoms with Crippen molar-refractivity contribution in [3.05, 3.63) is 23.0 Å². The standard InChI is InChI=1S/C15H25N3O2/c1-6-7-18(10-15(20)17(4)5)9-14(19)13-8-11(2)16-12(13)3/h8,16H,6-7,9-10H2,1-5H3. The van der Waals surface area contributed by atoms with E-state index in [-0.39, 0.29) is 24.8 Å². The highest BCUT2D eigenvalue weighted by Gasteiger charge is 2.18. The van der Waals surface area contributed by atoms with Crippen molar-refractivity contribution in [1.82, 2.24) is 14.8 Å². The van der Waals surface area contributed by atoms with Gasteiger partial charge in [-0.1, -0.05) is 6.92 Å². The third-order valence-corrected chi connectivity index (χ3v) is 3.21. The number of ketones is 1. The summed E-state index contributed by atoms with van der Waals surface area (Å²) < 4.78 is 0. The molecule has 0 bridgehead atoms. The second-order valence-electron chi connectivity index (χ2n) is 5.41. The Morgan fingerprint density at radius 2 is 1.85 bits per heavy atom. The fourth-order valence-corrected chi connectivity index (χ4v) is 2.16. The van der Waals surface area contributed by atoms with Crippen molar-refractivity contribution in [1.29, 1.82) is 0 Å².